The number of amides is 1. The Kier molecular flexibility index (Phi) is 4.93. The molecule has 0 saturated heterocycles. The van der Waals surface area contributed by atoms with Crippen molar-refractivity contribution in [1.29, 1.82) is 0 Å². The van der Waals surface area contributed by atoms with E-state index in [1.807, 2.05) is 54.6 Å². The van der Waals surface area contributed by atoms with Gasteiger partial charge in [-0.3, -0.25) is 14.8 Å². The Morgan fingerprint density at radius 2 is 1.79 bits per heavy atom. The van der Waals surface area contributed by atoms with Crippen LogP contribution in [0.25, 0.3) is 11.3 Å². The molecule has 3 N–H and O–H groups in total. The fraction of sp³-hybridized carbons (Fsp3) is 0.105. The van der Waals surface area contributed by atoms with E-state index in [2.05, 4.69) is 15.3 Å². The first-order valence-corrected chi connectivity index (χ1v) is 7.69. The van der Waals surface area contributed by atoms with Crippen molar-refractivity contribution in [1.82, 2.24) is 9.97 Å². The van der Waals surface area contributed by atoms with Gasteiger partial charge in [0.2, 0.25) is 5.91 Å². The van der Waals surface area contributed by atoms with Crippen molar-refractivity contribution in [2.75, 3.05) is 5.32 Å². The number of benzene rings is 1. The zero-order valence-electron chi connectivity index (χ0n) is 13.1. The van der Waals surface area contributed by atoms with Crippen molar-refractivity contribution >= 4 is 11.6 Å². The molecular weight excluding hydrogens is 300 g/mol. The zero-order valence-corrected chi connectivity index (χ0v) is 13.1. The van der Waals surface area contributed by atoms with Gasteiger partial charge in [0.1, 0.15) is 0 Å². The molecule has 24 heavy (non-hydrogen) atoms. The van der Waals surface area contributed by atoms with Crippen LogP contribution in [0, 0.1) is 0 Å². The summed E-state index contributed by atoms with van der Waals surface area (Å²) in [5, 5.41) is 2.80. The first-order valence-electron chi connectivity index (χ1n) is 7.69. The molecule has 3 aromatic rings. The van der Waals surface area contributed by atoms with Crippen molar-refractivity contribution < 1.29 is 4.79 Å². The highest BCUT2D eigenvalue weighted by molar-refractivity contribution is 5.94. The number of nitrogens with zero attached hydrogens (tertiary/aromatic N) is 2. The van der Waals surface area contributed by atoms with Crippen LogP contribution in [-0.4, -0.2) is 21.9 Å². The van der Waals surface area contributed by atoms with Gasteiger partial charge in [-0.2, -0.15) is 0 Å². The second-order valence-corrected chi connectivity index (χ2v) is 5.45. The van der Waals surface area contributed by atoms with Crippen LogP contribution in [0.1, 0.15) is 5.56 Å². The lowest BCUT2D eigenvalue weighted by Gasteiger charge is -2.12. The third-order valence-electron chi connectivity index (χ3n) is 3.64. The van der Waals surface area contributed by atoms with Gasteiger partial charge in [-0.05, 0) is 36.2 Å². The number of carbonyl (C=O) groups excluding carboxylic acids is 1. The molecule has 3 rings (SSSR count). The van der Waals surface area contributed by atoms with Crippen molar-refractivity contribution in [2.24, 2.45) is 5.73 Å². The summed E-state index contributed by atoms with van der Waals surface area (Å²) in [6.45, 7) is 0. The summed E-state index contributed by atoms with van der Waals surface area (Å²) in [5.41, 5.74) is 9.44. The number of anilines is 1. The Hall–Kier alpha value is -3.05. The van der Waals surface area contributed by atoms with Gasteiger partial charge in [-0.15, -0.1) is 0 Å². The van der Waals surface area contributed by atoms with Crippen molar-refractivity contribution in [3.05, 3.63) is 78.8 Å². The van der Waals surface area contributed by atoms with E-state index in [-0.39, 0.29) is 5.91 Å². The Balaban J connectivity index is 1.62. The Morgan fingerprint density at radius 3 is 2.46 bits per heavy atom. The summed E-state index contributed by atoms with van der Waals surface area (Å²) in [5.74, 6) is -0.225. The monoisotopic (exact) mass is 318 g/mol. The zero-order chi connectivity index (χ0) is 16.8. The molecule has 1 amide bonds. The molecule has 1 atom stereocenters. The summed E-state index contributed by atoms with van der Waals surface area (Å²) in [4.78, 5) is 20.5. The summed E-state index contributed by atoms with van der Waals surface area (Å²) >= 11 is 0. The summed E-state index contributed by atoms with van der Waals surface area (Å²) in [6, 6.07) is 16.5. The van der Waals surface area contributed by atoms with E-state index in [4.69, 9.17) is 5.73 Å². The Morgan fingerprint density at radius 1 is 1.04 bits per heavy atom. The number of aromatic nitrogens is 2. The molecule has 0 bridgehead atoms. The number of nitrogens with two attached hydrogens (primary N) is 1. The number of carbonyl (C=O) groups is 1. The lowest BCUT2D eigenvalue weighted by atomic mass is 10.1. The van der Waals surface area contributed by atoms with Crippen molar-refractivity contribution in [3.63, 3.8) is 0 Å². The molecular formula is C19H18N4O. The lowest BCUT2D eigenvalue weighted by Crippen LogP contribution is -2.37. The topological polar surface area (TPSA) is 80.9 Å². The standard InChI is InChI=1S/C19H18N4O/c20-17(12-14-4-2-1-3-5-14)19(24)23-16-6-7-18(22-13-16)15-8-10-21-11-9-15/h1-11,13,17H,12,20H2,(H,23,24)/t17-/m0/s1. The molecule has 0 radical (unpaired) electrons. The van der Waals surface area contributed by atoms with Crippen LogP contribution in [0.2, 0.25) is 0 Å². The SMILES string of the molecule is N[C@@H](Cc1ccccc1)C(=O)Nc1ccc(-c2ccncc2)nc1. The largest absolute Gasteiger partial charge is 0.323 e. The maximum Gasteiger partial charge on any atom is 0.241 e. The van der Waals surface area contributed by atoms with Gasteiger partial charge < -0.3 is 11.1 Å². The van der Waals surface area contributed by atoms with Crippen molar-refractivity contribution in [2.45, 2.75) is 12.5 Å². The molecule has 2 aromatic heterocycles. The Bertz CT molecular complexity index is 789. The summed E-state index contributed by atoms with van der Waals surface area (Å²) < 4.78 is 0. The molecule has 5 heteroatoms. The second kappa shape index (κ2) is 7.48. The molecule has 0 spiro atoms. The van der Waals surface area contributed by atoms with Crippen LogP contribution in [0.4, 0.5) is 5.69 Å². The molecule has 0 aliphatic rings. The van der Waals surface area contributed by atoms with E-state index >= 15 is 0 Å². The van der Waals surface area contributed by atoms with Crippen LogP contribution in [0.5, 0.6) is 0 Å². The highest BCUT2D eigenvalue weighted by atomic mass is 16.2. The van der Waals surface area contributed by atoms with Crippen LogP contribution >= 0.6 is 0 Å². The van der Waals surface area contributed by atoms with Crippen LogP contribution < -0.4 is 11.1 Å². The minimum Gasteiger partial charge on any atom is -0.323 e. The average molecular weight is 318 g/mol. The highest BCUT2D eigenvalue weighted by Gasteiger charge is 2.14. The molecule has 0 aliphatic carbocycles. The third-order valence-corrected chi connectivity index (χ3v) is 3.64. The van der Waals surface area contributed by atoms with Gasteiger partial charge in [0.05, 0.1) is 23.6 Å². The number of rotatable bonds is 5. The highest BCUT2D eigenvalue weighted by Crippen LogP contribution is 2.17. The normalized spacial score (nSPS) is 11.7. The van der Waals surface area contributed by atoms with Gasteiger partial charge in [-0.1, -0.05) is 30.3 Å². The maximum atomic E-state index is 12.2. The fourth-order valence-corrected chi connectivity index (χ4v) is 2.36. The first kappa shape index (κ1) is 15.8. The molecule has 0 saturated carbocycles. The lowest BCUT2D eigenvalue weighted by molar-refractivity contribution is -0.117. The molecule has 120 valence electrons. The minimum absolute atomic E-state index is 0.225. The quantitative estimate of drug-likeness (QED) is 0.758. The smallest absolute Gasteiger partial charge is 0.241 e. The molecule has 1 aromatic carbocycles. The summed E-state index contributed by atoms with van der Waals surface area (Å²) in [6.07, 6.45) is 5.56. The van der Waals surface area contributed by atoms with E-state index in [9.17, 15) is 4.79 Å². The average Bonchev–Trinajstić information content (AvgIpc) is 2.64. The predicted molar refractivity (Wildman–Crippen MR) is 94.2 cm³/mol. The number of hydrogen-bond acceptors (Lipinski definition) is 4. The van der Waals surface area contributed by atoms with Crippen LogP contribution in [-0.2, 0) is 11.2 Å². The van der Waals surface area contributed by atoms with Crippen LogP contribution in [0.15, 0.2) is 73.2 Å². The van der Waals surface area contributed by atoms with Crippen molar-refractivity contribution in [3.8, 4) is 11.3 Å². The second-order valence-electron chi connectivity index (χ2n) is 5.45. The van der Waals surface area contributed by atoms with E-state index in [1.165, 1.54) is 0 Å². The van der Waals surface area contributed by atoms with Gasteiger partial charge in [0, 0.05) is 18.0 Å². The maximum absolute atomic E-state index is 12.2. The van der Waals surface area contributed by atoms with Gasteiger partial charge in [0.15, 0.2) is 0 Å². The molecule has 0 fully saturated rings. The van der Waals surface area contributed by atoms with Gasteiger partial charge in [0.25, 0.3) is 0 Å². The first-order chi connectivity index (χ1) is 11.7. The van der Waals surface area contributed by atoms with E-state index in [1.54, 1.807) is 18.6 Å². The molecule has 2 heterocycles. The molecule has 5 nitrogen and oxygen atoms in total. The van der Waals surface area contributed by atoms with E-state index in [0.29, 0.717) is 12.1 Å². The van der Waals surface area contributed by atoms with E-state index in [0.717, 1.165) is 16.8 Å². The van der Waals surface area contributed by atoms with Gasteiger partial charge in [-0.25, -0.2) is 0 Å². The predicted octanol–water partition coefficient (Wildman–Crippen LogP) is 2.65. The van der Waals surface area contributed by atoms with E-state index < -0.39 is 6.04 Å². The number of hydrogen-bond donors (Lipinski definition) is 2. The number of nitrogens with one attached hydrogen (secondary N) is 1. The third kappa shape index (κ3) is 4.02. The van der Waals surface area contributed by atoms with Crippen LogP contribution in [0.3, 0.4) is 0 Å². The fourth-order valence-electron chi connectivity index (χ4n) is 2.36. The van der Waals surface area contributed by atoms with Gasteiger partial charge >= 0.3 is 0 Å². The Labute approximate surface area is 140 Å². The molecule has 0 unspecified atom stereocenters. The summed E-state index contributed by atoms with van der Waals surface area (Å²) in [7, 11) is 0. The molecule has 0 aliphatic heterocycles. The number of pyridine rings is 2. The minimum atomic E-state index is -0.604.